The number of rotatable bonds is 4. The molecule has 1 fully saturated rings. The van der Waals surface area contributed by atoms with E-state index < -0.39 is 12.3 Å². The van der Waals surface area contributed by atoms with Gasteiger partial charge in [-0.2, -0.15) is 0 Å². The number of anilines is 1. The van der Waals surface area contributed by atoms with Gasteiger partial charge in [-0.1, -0.05) is 25.1 Å². The van der Waals surface area contributed by atoms with Gasteiger partial charge in [0.25, 0.3) is 0 Å². The van der Waals surface area contributed by atoms with Gasteiger partial charge >= 0.3 is 5.97 Å². The fourth-order valence-corrected chi connectivity index (χ4v) is 4.35. The van der Waals surface area contributed by atoms with E-state index in [1.807, 2.05) is 0 Å². The summed E-state index contributed by atoms with van der Waals surface area (Å²) in [7, 11) is 0. The van der Waals surface area contributed by atoms with Crippen molar-refractivity contribution in [3.63, 3.8) is 0 Å². The van der Waals surface area contributed by atoms with Crippen molar-refractivity contribution in [2.24, 2.45) is 5.92 Å². The number of carboxylic acids is 1. The van der Waals surface area contributed by atoms with Gasteiger partial charge in [0, 0.05) is 40.8 Å². The van der Waals surface area contributed by atoms with Crippen LogP contribution in [-0.4, -0.2) is 33.7 Å². The van der Waals surface area contributed by atoms with Crippen molar-refractivity contribution in [2.45, 2.75) is 13.2 Å². The fraction of sp³-hybridized carbons (Fsp3) is 0.160. The summed E-state index contributed by atoms with van der Waals surface area (Å²) < 4.78 is 6.00. The smallest absolute Gasteiger partial charge is 0.336 e. The predicted octanol–water partition coefficient (Wildman–Crippen LogP) is 3.23. The first-order valence-corrected chi connectivity index (χ1v) is 10.3. The highest BCUT2D eigenvalue weighted by molar-refractivity contribution is 6.09. The second-order valence-corrected chi connectivity index (χ2v) is 8.12. The summed E-state index contributed by atoms with van der Waals surface area (Å²) in [5, 5.41) is 30.4. The summed E-state index contributed by atoms with van der Waals surface area (Å²) in [5.41, 5.74) is 1.77. The Balaban J connectivity index is 1.91. The highest BCUT2D eigenvalue weighted by Gasteiger charge is 2.36. The standard InChI is InChI=1S/C25H19NO7/c1-12-11-26(23(12)28)19-10-21-18(9-17(19)25(31)32)22(14-4-2-3-5-15(14)24(29)30)16-7-6-13(27)8-20(16)33-21/h2-10,12,25,31-32H,11H2,1H3,(H,29,30). The Bertz CT molecular complexity index is 1470. The number of aliphatic hydroxyl groups is 2. The van der Waals surface area contributed by atoms with Gasteiger partial charge in [0.05, 0.1) is 17.2 Å². The molecule has 33 heavy (non-hydrogen) atoms. The van der Waals surface area contributed by atoms with Crippen LogP contribution in [0, 0.1) is 5.92 Å². The molecule has 3 aliphatic rings. The van der Waals surface area contributed by atoms with E-state index in [4.69, 9.17) is 4.42 Å². The lowest BCUT2D eigenvalue weighted by atomic mass is 9.89. The molecule has 166 valence electrons. The maximum Gasteiger partial charge on any atom is 0.336 e. The van der Waals surface area contributed by atoms with Crippen molar-refractivity contribution in [3.8, 4) is 22.5 Å². The van der Waals surface area contributed by atoms with Gasteiger partial charge in [0.15, 0.2) is 11.7 Å². The molecule has 1 saturated heterocycles. The Morgan fingerprint density at radius 3 is 2.48 bits per heavy atom. The minimum absolute atomic E-state index is 0.0411. The number of hydrogen-bond acceptors (Lipinski definition) is 6. The van der Waals surface area contributed by atoms with Gasteiger partial charge < -0.3 is 24.6 Å². The zero-order chi connectivity index (χ0) is 23.4. The summed E-state index contributed by atoms with van der Waals surface area (Å²) in [6.45, 7) is 2.20. The number of carbonyl (C=O) groups excluding carboxylic acids is 1. The lowest BCUT2D eigenvalue weighted by Crippen LogP contribution is -2.51. The molecule has 1 atom stereocenters. The molecule has 0 aromatic heterocycles. The summed E-state index contributed by atoms with van der Waals surface area (Å²) in [4.78, 5) is 37.8. The predicted molar refractivity (Wildman–Crippen MR) is 120 cm³/mol. The number of hydrogen-bond donors (Lipinski definition) is 3. The van der Waals surface area contributed by atoms with Crippen molar-refractivity contribution < 1.29 is 29.3 Å². The Morgan fingerprint density at radius 2 is 1.82 bits per heavy atom. The Kier molecular flexibility index (Phi) is 4.77. The van der Waals surface area contributed by atoms with E-state index in [9.17, 15) is 29.7 Å². The molecule has 2 aromatic carbocycles. The lowest BCUT2D eigenvalue weighted by molar-refractivity contribution is -0.126. The number of fused-ring (bicyclic) bond motifs is 2. The SMILES string of the molecule is CC1CN(c2cc3oc4cc(=O)ccc-4c(-c4ccccc4C(=O)O)c3cc2C(O)O)C1=O. The molecule has 3 N–H and O–H groups in total. The Morgan fingerprint density at radius 1 is 1.06 bits per heavy atom. The third kappa shape index (κ3) is 3.27. The number of carbonyl (C=O) groups is 2. The molecule has 2 heterocycles. The van der Waals surface area contributed by atoms with Crippen LogP contribution in [0.4, 0.5) is 5.69 Å². The van der Waals surface area contributed by atoms with Crippen molar-refractivity contribution in [1.82, 2.24) is 0 Å². The van der Waals surface area contributed by atoms with Crippen LogP contribution in [-0.2, 0) is 4.79 Å². The van der Waals surface area contributed by atoms with Crippen LogP contribution in [0.1, 0.15) is 29.1 Å². The Labute approximate surface area is 187 Å². The Hall–Kier alpha value is -4.01. The van der Waals surface area contributed by atoms with Gasteiger partial charge in [-0.25, -0.2) is 4.79 Å². The van der Waals surface area contributed by atoms with Crippen LogP contribution in [0.3, 0.4) is 0 Å². The van der Waals surface area contributed by atoms with E-state index >= 15 is 0 Å². The molecule has 0 saturated carbocycles. The van der Waals surface area contributed by atoms with Crippen LogP contribution >= 0.6 is 0 Å². The topological polar surface area (TPSA) is 128 Å². The molecular weight excluding hydrogens is 426 g/mol. The number of aliphatic hydroxyl groups excluding tert-OH is 1. The highest BCUT2D eigenvalue weighted by Crippen LogP contribution is 2.44. The molecule has 2 aromatic rings. The van der Waals surface area contributed by atoms with Crippen molar-refractivity contribution in [2.75, 3.05) is 11.4 Å². The zero-order valence-electron chi connectivity index (χ0n) is 17.5. The van der Waals surface area contributed by atoms with Crippen molar-refractivity contribution in [1.29, 1.82) is 0 Å². The zero-order valence-corrected chi connectivity index (χ0v) is 17.5. The molecule has 1 aliphatic carbocycles. The van der Waals surface area contributed by atoms with E-state index in [1.54, 1.807) is 31.2 Å². The van der Waals surface area contributed by atoms with E-state index in [-0.39, 0.29) is 39.7 Å². The van der Waals surface area contributed by atoms with E-state index in [1.165, 1.54) is 35.2 Å². The molecule has 2 aliphatic heterocycles. The largest absolute Gasteiger partial charge is 0.478 e. The molecule has 1 amide bonds. The van der Waals surface area contributed by atoms with Gasteiger partial charge in [0.1, 0.15) is 11.3 Å². The molecule has 8 heteroatoms. The molecule has 0 radical (unpaired) electrons. The molecule has 0 spiro atoms. The maximum absolute atomic E-state index is 12.4. The number of benzene rings is 3. The average molecular weight is 445 g/mol. The van der Waals surface area contributed by atoms with Crippen LogP contribution in [0.25, 0.3) is 33.4 Å². The van der Waals surface area contributed by atoms with E-state index in [0.29, 0.717) is 34.3 Å². The molecule has 0 bridgehead atoms. The normalized spacial score (nSPS) is 15.9. The molecule has 5 rings (SSSR count). The van der Waals surface area contributed by atoms with Gasteiger partial charge in [0.2, 0.25) is 5.91 Å². The first kappa shape index (κ1) is 20.9. The number of β-lactam (4-membered cyclic amide) rings is 1. The number of carboxylic acid groups (broad SMARTS) is 1. The number of amides is 1. The maximum atomic E-state index is 12.4. The second kappa shape index (κ2) is 7.54. The number of nitrogens with zero attached hydrogens (tertiary/aromatic N) is 1. The molecular formula is C25H19NO7. The van der Waals surface area contributed by atoms with Crippen LogP contribution < -0.4 is 10.3 Å². The second-order valence-electron chi connectivity index (χ2n) is 8.12. The first-order chi connectivity index (χ1) is 15.8. The molecule has 8 nitrogen and oxygen atoms in total. The summed E-state index contributed by atoms with van der Waals surface area (Å²) in [5.74, 6) is -1.22. The van der Waals surface area contributed by atoms with Crippen LogP contribution in [0.2, 0.25) is 0 Å². The van der Waals surface area contributed by atoms with E-state index in [2.05, 4.69) is 0 Å². The quantitative estimate of drug-likeness (QED) is 0.250. The van der Waals surface area contributed by atoms with Gasteiger partial charge in [-0.05, 0) is 29.8 Å². The van der Waals surface area contributed by atoms with Gasteiger partial charge in [-0.3, -0.25) is 9.59 Å². The van der Waals surface area contributed by atoms with Crippen LogP contribution in [0.5, 0.6) is 0 Å². The third-order valence-electron chi connectivity index (χ3n) is 5.98. The summed E-state index contributed by atoms with van der Waals surface area (Å²) in [6, 6.07) is 13.7. The van der Waals surface area contributed by atoms with Gasteiger partial charge in [-0.15, -0.1) is 0 Å². The third-order valence-corrected chi connectivity index (χ3v) is 5.98. The van der Waals surface area contributed by atoms with Crippen LogP contribution in [0.15, 0.2) is 63.8 Å². The van der Waals surface area contributed by atoms with Crippen molar-refractivity contribution in [3.05, 3.63) is 75.9 Å². The minimum Gasteiger partial charge on any atom is -0.478 e. The number of aromatic carboxylic acids is 1. The van der Waals surface area contributed by atoms with E-state index in [0.717, 1.165) is 0 Å². The summed E-state index contributed by atoms with van der Waals surface area (Å²) >= 11 is 0. The minimum atomic E-state index is -1.88. The highest BCUT2D eigenvalue weighted by atomic mass is 16.5. The first-order valence-electron chi connectivity index (χ1n) is 10.3. The summed E-state index contributed by atoms with van der Waals surface area (Å²) in [6.07, 6.45) is -1.88. The monoisotopic (exact) mass is 445 g/mol. The lowest BCUT2D eigenvalue weighted by Gasteiger charge is -2.38. The average Bonchev–Trinajstić information content (AvgIpc) is 2.79. The van der Waals surface area contributed by atoms with Crippen molar-refractivity contribution >= 4 is 28.5 Å². The fourth-order valence-electron chi connectivity index (χ4n) is 4.35. The molecule has 1 unspecified atom stereocenters.